The second-order valence-corrected chi connectivity index (χ2v) is 3.23. The highest BCUT2D eigenvalue weighted by molar-refractivity contribution is 5.84. The number of esters is 1. The highest BCUT2D eigenvalue weighted by atomic mass is 19.1. The zero-order valence-electron chi connectivity index (χ0n) is 9.14. The van der Waals surface area contributed by atoms with Crippen LogP contribution in [0.3, 0.4) is 0 Å². The van der Waals surface area contributed by atoms with Crippen LogP contribution in [-0.4, -0.2) is 17.6 Å². The normalized spacial score (nSPS) is 10.2. The van der Waals surface area contributed by atoms with Gasteiger partial charge in [-0.25, -0.2) is 14.2 Å². The van der Waals surface area contributed by atoms with Crippen molar-refractivity contribution in [2.45, 2.75) is 6.92 Å². The number of benzene rings is 1. The molecule has 2 aromatic rings. The van der Waals surface area contributed by atoms with E-state index in [2.05, 4.69) is 4.98 Å². The van der Waals surface area contributed by atoms with E-state index in [9.17, 15) is 9.18 Å². The van der Waals surface area contributed by atoms with Gasteiger partial charge in [0.1, 0.15) is 5.82 Å². The summed E-state index contributed by atoms with van der Waals surface area (Å²) >= 11 is 0. The molecular weight excluding hydrogens is 225 g/mol. The van der Waals surface area contributed by atoms with Gasteiger partial charge in [-0.15, -0.1) is 0 Å². The van der Waals surface area contributed by atoms with E-state index >= 15 is 0 Å². The lowest BCUT2D eigenvalue weighted by molar-refractivity contribution is 0.0482. The van der Waals surface area contributed by atoms with Crippen LogP contribution in [0.15, 0.2) is 34.9 Å². The van der Waals surface area contributed by atoms with Crippen molar-refractivity contribution in [3.05, 3.63) is 42.2 Å². The molecule has 2 rings (SSSR count). The number of aromatic nitrogens is 1. The average molecular weight is 235 g/mol. The Morgan fingerprint density at radius 1 is 1.47 bits per heavy atom. The fourth-order valence-corrected chi connectivity index (χ4v) is 1.35. The van der Waals surface area contributed by atoms with Crippen LogP contribution in [0.2, 0.25) is 0 Å². The van der Waals surface area contributed by atoms with Crippen molar-refractivity contribution in [3.8, 4) is 11.3 Å². The SMILES string of the molecule is CCOC(=O)c1ncc(-c2ccccc2F)o1. The number of carbonyl (C=O) groups excluding carboxylic acids is 1. The molecule has 1 aromatic heterocycles. The first-order chi connectivity index (χ1) is 8.22. The van der Waals surface area contributed by atoms with Crippen molar-refractivity contribution in [1.29, 1.82) is 0 Å². The minimum atomic E-state index is -0.657. The summed E-state index contributed by atoms with van der Waals surface area (Å²) in [7, 11) is 0. The molecule has 0 saturated heterocycles. The minimum absolute atomic E-state index is 0.176. The lowest BCUT2D eigenvalue weighted by Gasteiger charge is -1.98. The summed E-state index contributed by atoms with van der Waals surface area (Å²) in [4.78, 5) is 15.0. The Morgan fingerprint density at radius 2 is 2.24 bits per heavy atom. The van der Waals surface area contributed by atoms with Crippen LogP contribution in [0.4, 0.5) is 4.39 Å². The Balaban J connectivity index is 2.30. The first-order valence-electron chi connectivity index (χ1n) is 5.10. The van der Waals surface area contributed by atoms with E-state index in [0.717, 1.165) is 0 Å². The van der Waals surface area contributed by atoms with Crippen molar-refractivity contribution >= 4 is 5.97 Å². The quantitative estimate of drug-likeness (QED) is 0.767. The summed E-state index contributed by atoms with van der Waals surface area (Å²) in [5, 5.41) is 0. The molecule has 88 valence electrons. The Bertz CT molecular complexity index is 536. The predicted molar refractivity (Wildman–Crippen MR) is 57.9 cm³/mol. The van der Waals surface area contributed by atoms with Gasteiger partial charge >= 0.3 is 11.9 Å². The van der Waals surface area contributed by atoms with Crippen LogP contribution in [0.25, 0.3) is 11.3 Å². The van der Waals surface area contributed by atoms with Gasteiger partial charge in [-0.3, -0.25) is 0 Å². The molecule has 0 unspecified atom stereocenters. The second kappa shape index (κ2) is 4.78. The van der Waals surface area contributed by atoms with Crippen molar-refractivity contribution < 1.29 is 18.3 Å². The third kappa shape index (κ3) is 2.33. The number of carbonyl (C=O) groups is 1. The van der Waals surface area contributed by atoms with Gasteiger partial charge in [-0.05, 0) is 19.1 Å². The van der Waals surface area contributed by atoms with E-state index in [1.165, 1.54) is 12.3 Å². The maximum absolute atomic E-state index is 13.4. The van der Waals surface area contributed by atoms with E-state index in [1.54, 1.807) is 25.1 Å². The van der Waals surface area contributed by atoms with Crippen molar-refractivity contribution in [1.82, 2.24) is 4.98 Å². The molecule has 0 spiro atoms. The monoisotopic (exact) mass is 235 g/mol. The standard InChI is InChI=1S/C12H10FNO3/c1-2-16-12(15)11-14-7-10(17-11)8-5-3-4-6-9(8)13/h3-7H,2H2,1H3. The molecule has 0 bridgehead atoms. The summed E-state index contributed by atoms with van der Waals surface area (Å²) in [5.41, 5.74) is 0.260. The number of ether oxygens (including phenoxy) is 1. The molecule has 0 aliphatic heterocycles. The molecule has 5 heteroatoms. The van der Waals surface area contributed by atoms with Crippen molar-refractivity contribution in [2.75, 3.05) is 6.61 Å². The van der Waals surface area contributed by atoms with Crippen LogP contribution in [0, 0.1) is 5.82 Å². The number of hydrogen-bond acceptors (Lipinski definition) is 4. The zero-order chi connectivity index (χ0) is 12.3. The van der Waals surface area contributed by atoms with Gasteiger partial charge in [0.2, 0.25) is 0 Å². The van der Waals surface area contributed by atoms with Gasteiger partial charge in [0.25, 0.3) is 0 Å². The molecule has 0 fully saturated rings. The molecule has 1 aromatic carbocycles. The van der Waals surface area contributed by atoms with E-state index in [4.69, 9.17) is 9.15 Å². The summed E-state index contributed by atoms with van der Waals surface area (Å²) in [6.45, 7) is 1.91. The fraction of sp³-hybridized carbons (Fsp3) is 0.167. The Labute approximate surface area is 97.0 Å². The number of halogens is 1. The van der Waals surface area contributed by atoms with E-state index in [1.807, 2.05) is 0 Å². The number of nitrogens with zero attached hydrogens (tertiary/aromatic N) is 1. The lowest BCUT2D eigenvalue weighted by Crippen LogP contribution is -2.04. The van der Waals surface area contributed by atoms with Crippen LogP contribution < -0.4 is 0 Å². The van der Waals surface area contributed by atoms with E-state index in [0.29, 0.717) is 0 Å². The third-order valence-corrected chi connectivity index (χ3v) is 2.10. The minimum Gasteiger partial charge on any atom is -0.459 e. The van der Waals surface area contributed by atoms with Crippen molar-refractivity contribution in [3.63, 3.8) is 0 Å². The molecule has 17 heavy (non-hydrogen) atoms. The van der Waals surface area contributed by atoms with Gasteiger partial charge in [-0.1, -0.05) is 12.1 Å². The molecule has 0 saturated carbocycles. The van der Waals surface area contributed by atoms with Gasteiger partial charge in [0.15, 0.2) is 5.76 Å². The Kier molecular flexibility index (Phi) is 3.18. The van der Waals surface area contributed by atoms with E-state index < -0.39 is 11.8 Å². The van der Waals surface area contributed by atoms with Gasteiger partial charge < -0.3 is 9.15 Å². The predicted octanol–water partition coefficient (Wildman–Crippen LogP) is 2.66. The van der Waals surface area contributed by atoms with Crippen LogP contribution in [0.1, 0.15) is 17.6 Å². The molecule has 0 atom stereocenters. The molecule has 0 amide bonds. The smallest absolute Gasteiger partial charge is 0.394 e. The van der Waals surface area contributed by atoms with Crippen LogP contribution in [0.5, 0.6) is 0 Å². The molecule has 4 nitrogen and oxygen atoms in total. The number of oxazole rings is 1. The lowest BCUT2D eigenvalue weighted by atomic mass is 10.2. The zero-order valence-corrected chi connectivity index (χ0v) is 9.14. The van der Waals surface area contributed by atoms with Crippen LogP contribution in [-0.2, 0) is 4.74 Å². The highest BCUT2D eigenvalue weighted by Crippen LogP contribution is 2.23. The third-order valence-electron chi connectivity index (χ3n) is 2.10. The largest absolute Gasteiger partial charge is 0.459 e. The Hall–Kier alpha value is -2.17. The van der Waals surface area contributed by atoms with E-state index in [-0.39, 0.29) is 23.8 Å². The molecule has 0 aliphatic rings. The average Bonchev–Trinajstić information content (AvgIpc) is 2.79. The molecule has 0 aliphatic carbocycles. The Morgan fingerprint density at radius 3 is 2.94 bits per heavy atom. The maximum atomic E-state index is 13.4. The van der Waals surface area contributed by atoms with Crippen molar-refractivity contribution in [2.24, 2.45) is 0 Å². The molecule has 1 heterocycles. The summed E-state index contributed by atoms with van der Waals surface area (Å²) in [5.74, 6) is -1.06. The second-order valence-electron chi connectivity index (χ2n) is 3.23. The number of rotatable bonds is 3. The van der Waals surface area contributed by atoms with Gasteiger partial charge in [0, 0.05) is 0 Å². The highest BCUT2D eigenvalue weighted by Gasteiger charge is 2.16. The number of hydrogen-bond donors (Lipinski definition) is 0. The summed E-state index contributed by atoms with van der Waals surface area (Å²) in [6, 6.07) is 6.10. The maximum Gasteiger partial charge on any atom is 0.394 e. The summed E-state index contributed by atoms with van der Waals surface area (Å²) < 4.78 is 23.3. The molecular formula is C12H10FNO3. The van der Waals surface area contributed by atoms with Crippen LogP contribution >= 0.6 is 0 Å². The fourth-order valence-electron chi connectivity index (χ4n) is 1.35. The summed E-state index contributed by atoms with van der Waals surface area (Å²) in [6.07, 6.45) is 1.30. The molecule has 0 N–H and O–H groups in total. The van der Waals surface area contributed by atoms with Gasteiger partial charge in [-0.2, -0.15) is 0 Å². The first kappa shape index (κ1) is 11.3. The van der Waals surface area contributed by atoms with Gasteiger partial charge in [0.05, 0.1) is 18.4 Å². The topological polar surface area (TPSA) is 52.3 Å². The first-order valence-corrected chi connectivity index (χ1v) is 5.10. The molecule has 0 radical (unpaired) electrons.